The zero-order chi connectivity index (χ0) is 11.3. The first kappa shape index (κ1) is 11.2. The predicted octanol–water partition coefficient (Wildman–Crippen LogP) is 0.287. The summed E-state index contributed by atoms with van der Waals surface area (Å²) in [5, 5.41) is 24.3. The lowest BCUT2D eigenvalue weighted by molar-refractivity contribution is -0.605. The Bertz CT molecular complexity index is 356. The van der Waals surface area contributed by atoms with E-state index in [9.17, 15) is 15.3 Å². The van der Waals surface area contributed by atoms with Crippen LogP contribution in [0, 0.1) is 15.3 Å². The molecule has 0 radical (unpaired) electrons. The second-order valence-corrected chi connectivity index (χ2v) is 2.78. The van der Waals surface area contributed by atoms with Gasteiger partial charge < -0.3 is 15.3 Å². The standard InChI is InChI=1S/C8H11N3O4/c1-15-5-3-9-7-6-10(12)4-2-8(7)11(13)14/h2,4,6,9H,3,5H2,1H3. The van der Waals surface area contributed by atoms with Crippen LogP contribution in [-0.4, -0.2) is 25.2 Å². The Kier molecular flexibility index (Phi) is 3.81. The van der Waals surface area contributed by atoms with E-state index in [0.29, 0.717) is 17.9 Å². The quantitative estimate of drug-likeness (QED) is 0.249. The van der Waals surface area contributed by atoms with Crippen molar-refractivity contribution in [2.45, 2.75) is 0 Å². The highest BCUT2D eigenvalue weighted by atomic mass is 16.6. The summed E-state index contributed by atoms with van der Waals surface area (Å²) in [5.74, 6) is 0. The van der Waals surface area contributed by atoms with Crippen LogP contribution in [0.2, 0.25) is 0 Å². The lowest BCUT2D eigenvalue weighted by atomic mass is 10.3. The Labute approximate surface area is 86.0 Å². The minimum absolute atomic E-state index is 0.127. The Hall–Kier alpha value is -1.89. The maximum atomic E-state index is 10.9. The van der Waals surface area contributed by atoms with Gasteiger partial charge in [0.15, 0.2) is 11.9 Å². The van der Waals surface area contributed by atoms with Gasteiger partial charge in [-0.25, -0.2) is 0 Å². The molecule has 0 saturated heterocycles. The van der Waals surface area contributed by atoms with Crippen molar-refractivity contribution in [1.29, 1.82) is 0 Å². The Morgan fingerprint density at radius 2 is 2.40 bits per heavy atom. The van der Waals surface area contributed by atoms with Gasteiger partial charge in [-0.2, -0.15) is 4.73 Å². The van der Waals surface area contributed by atoms with Crippen molar-refractivity contribution < 1.29 is 14.4 Å². The van der Waals surface area contributed by atoms with Crippen molar-refractivity contribution in [3.63, 3.8) is 0 Å². The van der Waals surface area contributed by atoms with Gasteiger partial charge in [0.25, 0.3) is 0 Å². The smallest absolute Gasteiger partial charge is 0.304 e. The Morgan fingerprint density at radius 3 is 3.00 bits per heavy atom. The molecule has 0 fully saturated rings. The fourth-order valence-corrected chi connectivity index (χ4v) is 1.05. The molecule has 0 atom stereocenters. The van der Waals surface area contributed by atoms with Crippen LogP contribution in [0.15, 0.2) is 18.5 Å². The van der Waals surface area contributed by atoms with Crippen LogP contribution < -0.4 is 10.0 Å². The highest BCUT2D eigenvalue weighted by molar-refractivity contribution is 5.58. The lowest BCUT2D eigenvalue weighted by Crippen LogP contribution is -2.25. The summed E-state index contributed by atoms with van der Waals surface area (Å²) < 4.78 is 5.28. The molecule has 0 unspecified atom stereocenters. The second kappa shape index (κ2) is 5.11. The number of nitrogens with one attached hydrogen (secondary N) is 1. The predicted molar refractivity (Wildman–Crippen MR) is 52.4 cm³/mol. The van der Waals surface area contributed by atoms with Crippen LogP contribution in [0.3, 0.4) is 0 Å². The Balaban J connectivity index is 2.82. The van der Waals surface area contributed by atoms with E-state index in [4.69, 9.17) is 4.74 Å². The molecule has 1 heterocycles. The van der Waals surface area contributed by atoms with Crippen molar-refractivity contribution in [1.82, 2.24) is 0 Å². The molecule has 0 saturated carbocycles. The third kappa shape index (κ3) is 3.06. The summed E-state index contributed by atoms with van der Waals surface area (Å²) in [7, 11) is 1.52. The highest BCUT2D eigenvalue weighted by Crippen LogP contribution is 2.20. The van der Waals surface area contributed by atoms with Crippen LogP contribution in [0.1, 0.15) is 0 Å². The second-order valence-electron chi connectivity index (χ2n) is 2.78. The number of ether oxygens (including phenoxy) is 1. The number of nitrogens with zero attached hydrogens (tertiary/aromatic N) is 2. The SMILES string of the molecule is COCCNc1c[n+]([O-])ccc1[N+](=O)[O-]. The number of rotatable bonds is 5. The van der Waals surface area contributed by atoms with E-state index < -0.39 is 4.92 Å². The third-order valence-corrected chi connectivity index (χ3v) is 1.73. The molecular weight excluding hydrogens is 202 g/mol. The topological polar surface area (TPSA) is 91.3 Å². The molecule has 7 heteroatoms. The fraction of sp³-hybridized carbons (Fsp3) is 0.375. The number of pyridine rings is 1. The summed E-state index contributed by atoms with van der Waals surface area (Å²) in [4.78, 5) is 10.0. The third-order valence-electron chi connectivity index (χ3n) is 1.73. The highest BCUT2D eigenvalue weighted by Gasteiger charge is 2.16. The van der Waals surface area contributed by atoms with Crippen molar-refractivity contribution in [2.24, 2.45) is 0 Å². The molecule has 1 N–H and O–H groups in total. The summed E-state index contributed by atoms with van der Waals surface area (Å²) in [6, 6.07) is 1.15. The summed E-state index contributed by atoms with van der Waals surface area (Å²) >= 11 is 0. The molecule has 0 bridgehead atoms. The van der Waals surface area contributed by atoms with Gasteiger partial charge >= 0.3 is 5.69 Å². The number of aromatic nitrogens is 1. The molecule has 7 nitrogen and oxygen atoms in total. The van der Waals surface area contributed by atoms with Crippen LogP contribution in [-0.2, 0) is 4.74 Å². The molecule has 0 aromatic carbocycles. The number of anilines is 1. The molecule has 1 aromatic rings. The summed E-state index contributed by atoms with van der Waals surface area (Å²) in [5.41, 5.74) is 0.0627. The van der Waals surface area contributed by atoms with E-state index in [1.54, 1.807) is 0 Å². The van der Waals surface area contributed by atoms with Gasteiger partial charge in [0, 0.05) is 13.7 Å². The van der Waals surface area contributed by atoms with Crippen LogP contribution in [0.4, 0.5) is 11.4 Å². The average Bonchev–Trinajstić information content (AvgIpc) is 2.18. The van der Waals surface area contributed by atoms with Gasteiger partial charge in [-0.3, -0.25) is 10.1 Å². The lowest BCUT2D eigenvalue weighted by Gasteiger charge is -2.05. The van der Waals surface area contributed by atoms with Gasteiger partial charge in [-0.1, -0.05) is 0 Å². The maximum absolute atomic E-state index is 10.9. The van der Waals surface area contributed by atoms with Gasteiger partial charge in [-0.15, -0.1) is 0 Å². The minimum Gasteiger partial charge on any atom is -0.619 e. The summed E-state index contributed by atoms with van der Waals surface area (Å²) in [6.07, 6.45) is 2.20. The summed E-state index contributed by atoms with van der Waals surface area (Å²) in [6.45, 7) is 0.812. The fourth-order valence-electron chi connectivity index (χ4n) is 1.05. The van der Waals surface area contributed by atoms with Crippen LogP contribution >= 0.6 is 0 Å². The van der Waals surface area contributed by atoms with E-state index in [-0.39, 0.29) is 11.4 Å². The molecule has 15 heavy (non-hydrogen) atoms. The van der Waals surface area contributed by atoms with E-state index >= 15 is 0 Å². The normalized spacial score (nSPS) is 9.93. The first-order chi connectivity index (χ1) is 7.15. The van der Waals surface area contributed by atoms with Gasteiger partial charge in [-0.05, 0) is 0 Å². The molecular formula is C8H11N3O4. The molecule has 0 aliphatic heterocycles. The zero-order valence-corrected chi connectivity index (χ0v) is 8.17. The van der Waals surface area contributed by atoms with Crippen molar-refractivity contribution in [3.05, 3.63) is 33.8 Å². The zero-order valence-electron chi connectivity index (χ0n) is 8.17. The molecule has 0 aliphatic carbocycles. The van der Waals surface area contributed by atoms with Crippen molar-refractivity contribution in [3.8, 4) is 0 Å². The van der Waals surface area contributed by atoms with Gasteiger partial charge in [0.05, 0.1) is 17.6 Å². The van der Waals surface area contributed by atoms with Crippen LogP contribution in [0.5, 0.6) is 0 Å². The largest absolute Gasteiger partial charge is 0.619 e. The molecule has 82 valence electrons. The van der Waals surface area contributed by atoms with Gasteiger partial charge in [0.1, 0.15) is 0 Å². The first-order valence-corrected chi connectivity index (χ1v) is 4.25. The van der Waals surface area contributed by atoms with E-state index in [2.05, 4.69) is 5.32 Å². The molecule has 0 aliphatic rings. The van der Waals surface area contributed by atoms with E-state index in [1.807, 2.05) is 0 Å². The molecule has 1 aromatic heterocycles. The molecule has 0 spiro atoms. The monoisotopic (exact) mass is 213 g/mol. The maximum Gasteiger partial charge on any atom is 0.304 e. The number of methoxy groups -OCH3 is 1. The number of nitro groups is 1. The van der Waals surface area contributed by atoms with Crippen molar-refractivity contribution >= 4 is 11.4 Å². The van der Waals surface area contributed by atoms with E-state index in [0.717, 1.165) is 18.5 Å². The number of hydrogen-bond acceptors (Lipinski definition) is 5. The Morgan fingerprint density at radius 1 is 1.67 bits per heavy atom. The van der Waals surface area contributed by atoms with E-state index in [1.165, 1.54) is 7.11 Å². The first-order valence-electron chi connectivity index (χ1n) is 4.25. The number of hydrogen-bond donors (Lipinski definition) is 1. The van der Waals surface area contributed by atoms with Crippen LogP contribution in [0.25, 0.3) is 0 Å². The average molecular weight is 213 g/mol. The minimum atomic E-state index is -0.546. The van der Waals surface area contributed by atoms with Gasteiger partial charge in [0.2, 0.25) is 6.20 Å². The van der Waals surface area contributed by atoms with Crippen molar-refractivity contribution in [2.75, 3.05) is 25.6 Å². The molecule has 1 rings (SSSR count). The molecule has 0 amide bonds.